The number of esters is 1. The molecule has 1 saturated heterocycles. The number of fused-ring (bicyclic) bond motifs is 1. The van der Waals surface area contributed by atoms with Crippen molar-refractivity contribution < 1.29 is 23.9 Å². The number of carbonyl (C=O) groups is 4. The third-order valence-electron chi connectivity index (χ3n) is 5.82. The van der Waals surface area contributed by atoms with Crippen LogP contribution in [-0.4, -0.2) is 53.4 Å². The van der Waals surface area contributed by atoms with Crippen LogP contribution in [-0.2, 0) is 25.5 Å². The number of benzene rings is 1. The van der Waals surface area contributed by atoms with Crippen LogP contribution in [0.5, 0.6) is 0 Å². The minimum absolute atomic E-state index is 0.0169. The first-order valence-corrected chi connectivity index (χ1v) is 9.61. The van der Waals surface area contributed by atoms with Crippen LogP contribution in [0.1, 0.15) is 38.2 Å². The van der Waals surface area contributed by atoms with E-state index in [1.807, 2.05) is 31.2 Å². The van der Waals surface area contributed by atoms with Crippen molar-refractivity contribution in [3.63, 3.8) is 0 Å². The van der Waals surface area contributed by atoms with Crippen molar-refractivity contribution in [1.82, 2.24) is 10.2 Å². The van der Waals surface area contributed by atoms with E-state index in [0.29, 0.717) is 12.8 Å². The summed E-state index contributed by atoms with van der Waals surface area (Å²) in [6.07, 6.45) is 3.67. The quantitative estimate of drug-likeness (QED) is 0.624. The number of urea groups is 1. The molecule has 0 aromatic heterocycles. The highest BCUT2D eigenvalue weighted by atomic mass is 16.5. The zero-order valence-electron chi connectivity index (χ0n) is 15.8. The third kappa shape index (κ3) is 3.02. The second-order valence-electron chi connectivity index (χ2n) is 7.72. The Labute approximate surface area is 162 Å². The molecule has 1 aromatic carbocycles. The van der Waals surface area contributed by atoms with Crippen molar-refractivity contribution in [3.05, 3.63) is 29.8 Å². The lowest BCUT2D eigenvalue weighted by Crippen LogP contribution is -2.44. The van der Waals surface area contributed by atoms with Crippen molar-refractivity contribution in [2.45, 2.75) is 50.6 Å². The van der Waals surface area contributed by atoms with E-state index < -0.39 is 30.7 Å². The van der Waals surface area contributed by atoms with Gasteiger partial charge in [-0.3, -0.25) is 19.3 Å². The van der Waals surface area contributed by atoms with Gasteiger partial charge in [0.05, 0.1) is 0 Å². The summed E-state index contributed by atoms with van der Waals surface area (Å²) in [5.41, 5.74) is 1.05. The molecule has 0 radical (unpaired) electrons. The number of carbonyl (C=O) groups excluding carboxylic acids is 4. The maximum absolute atomic E-state index is 12.6. The van der Waals surface area contributed by atoms with Gasteiger partial charge < -0.3 is 15.0 Å². The molecule has 1 atom stereocenters. The smallest absolute Gasteiger partial charge is 0.326 e. The number of nitrogens with one attached hydrogen (secondary N) is 1. The fraction of sp³-hybridized carbons (Fsp3) is 0.500. The zero-order valence-corrected chi connectivity index (χ0v) is 15.8. The van der Waals surface area contributed by atoms with E-state index in [9.17, 15) is 19.2 Å². The number of hydrogen-bond acceptors (Lipinski definition) is 5. The summed E-state index contributed by atoms with van der Waals surface area (Å²) in [5, 5.41) is 2.72. The number of imide groups is 1. The molecule has 1 saturated carbocycles. The molecule has 0 bridgehead atoms. The Kier molecular flexibility index (Phi) is 4.56. The fourth-order valence-electron chi connectivity index (χ4n) is 4.47. The average molecular weight is 385 g/mol. The maximum atomic E-state index is 12.6. The normalized spacial score (nSPS) is 22.5. The van der Waals surface area contributed by atoms with E-state index in [1.54, 1.807) is 4.90 Å². The lowest BCUT2D eigenvalue weighted by atomic mass is 9.98. The second-order valence-corrected chi connectivity index (χ2v) is 7.72. The molecule has 1 spiro atoms. The van der Waals surface area contributed by atoms with Crippen molar-refractivity contribution in [2.75, 3.05) is 18.1 Å². The molecule has 4 rings (SSSR count). The molecular weight excluding hydrogens is 362 g/mol. The predicted molar refractivity (Wildman–Crippen MR) is 99.5 cm³/mol. The fourth-order valence-corrected chi connectivity index (χ4v) is 4.47. The molecule has 2 aliphatic heterocycles. The Balaban J connectivity index is 1.34. The van der Waals surface area contributed by atoms with Gasteiger partial charge in [0, 0.05) is 11.7 Å². The Morgan fingerprint density at radius 2 is 1.93 bits per heavy atom. The first-order valence-electron chi connectivity index (χ1n) is 9.61. The first kappa shape index (κ1) is 18.5. The van der Waals surface area contributed by atoms with Crippen LogP contribution in [0.2, 0.25) is 0 Å². The summed E-state index contributed by atoms with van der Waals surface area (Å²) in [4.78, 5) is 52.0. The molecule has 1 N–H and O–H groups in total. The van der Waals surface area contributed by atoms with Crippen LogP contribution in [0.15, 0.2) is 24.3 Å². The van der Waals surface area contributed by atoms with Gasteiger partial charge in [-0.05, 0) is 37.8 Å². The standard InChI is InChI=1S/C20H23N3O5/c1-13-10-14-6-2-3-7-15(14)23(13)16(24)12-28-17(25)11-22-18(26)20(21-19(22)27)8-4-5-9-20/h2-3,6-7,13H,4-5,8-12H2,1H3,(H,21,27)/t13-/m0/s1. The molecule has 0 unspecified atom stereocenters. The molecule has 8 heteroatoms. The van der Waals surface area contributed by atoms with Crippen molar-refractivity contribution in [1.29, 1.82) is 0 Å². The lowest BCUT2D eigenvalue weighted by Gasteiger charge is -2.23. The summed E-state index contributed by atoms with van der Waals surface area (Å²) in [6, 6.07) is 7.04. The average Bonchev–Trinajstić information content (AvgIpc) is 3.33. The van der Waals surface area contributed by atoms with E-state index in [4.69, 9.17) is 4.74 Å². The lowest BCUT2D eigenvalue weighted by molar-refractivity contribution is -0.150. The van der Waals surface area contributed by atoms with Gasteiger partial charge in [-0.15, -0.1) is 0 Å². The molecule has 4 amide bonds. The van der Waals surface area contributed by atoms with Gasteiger partial charge in [-0.2, -0.15) is 0 Å². The monoisotopic (exact) mass is 385 g/mol. The Morgan fingerprint density at radius 1 is 1.21 bits per heavy atom. The number of para-hydroxylation sites is 1. The molecule has 2 fully saturated rings. The number of hydrogen-bond donors (Lipinski definition) is 1. The number of ether oxygens (including phenoxy) is 1. The van der Waals surface area contributed by atoms with Gasteiger partial charge in [-0.1, -0.05) is 31.0 Å². The number of nitrogens with zero attached hydrogens (tertiary/aromatic N) is 2. The first-order chi connectivity index (χ1) is 13.4. The molecule has 3 aliphatic rings. The third-order valence-corrected chi connectivity index (χ3v) is 5.82. The van der Waals surface area contributed by atoms with Gasteiger partial charge in [0.1, 0.15) is 12.1 Å². The molecule has 1 aromatic rings. The summed E-state index contributed by atoms with van der Waals surface area (Å²) >= 11 is 0. The van der Waals surface area contributed by atoms with Gasteiger partial charge in [-0.25, -0.2) is 4.79 Å². The highest BCUT2D eigenvalue weighted by Crippen LogP contribution is 2.35. The predicted octanol–water partition coefficient (Wildman–Crippen LogP) is 1.37. The Hall–Kier alpha value is -2.90. The summed E-state index contributed by atoms with van der Waals surface area (Å²) < 4.78 is 5.09. The topological polar surface area (TPSA) is 96.0 Å². The molecular formula is C20H23N3O5. The van der Waals surface area contributed by atoms with Crippen molar-refractivity contribution in [2.24, 2.45) is 0 Å². The highest BCUT2D eigenvalue weighted by molar-refractivity contribution is 6.09. The number of anilines is 1. The molecule has 148 valence electrons. The van der Waals surface area contributed by atoms with Crippen LogP contribution in [0, 0.1) is 0 Å². The highest BCUT2D eigenvalue weighted by Gasteiger charge is 2.52. The van der Waals surface area contributed by atoms with Gasteiger partial charge in [0.15, 0.2) is 6.61 Å². The molecule has 1 aliphatic carbocycles. The van der Waals surface area contributed by atoms with E-state index in [2.05, 4.69) is 5.32 Å². The van der Waals surface area contributed by atoms with Crippen LogP contribution in [0.3, 0.4) is 0 Å². The van der Waals surface area contributed by atoms with Crippen molar-refractivity contribution >= 4 is 29.5 Å². The van der Waals surface area contributed by atoms with Gasteiger partial charge >= 0.3 is 12.0 Å². The van der Waals surface area contributed by atoms with E-state index in [0.717, 1.165) is 35.4 Å². The van der Waals surface area contributed by atoms with E-state index in [-0.39, 0.29) is 17.9 Å². The SMILES string of the molecule is C[C@H]1Cc2ccccc2N1C(=O)COC(=O)CN1C(=O)NC2(CCCC2)C1=O. The Bertz CT molecular complexity index is 846. The summed E-state index contributed by atoms with van der Waals surface area (Å²) in [7, 11) is 0. The molecule has 28 heavy (non-hydrogen) atoms. The zero-order chi connectivity index (χ0) is 19.9. The van der Waals surface area contributed by atoms with E-state index in [1.165, 1.54) is 0 Å². The summed E-state index contributed by atoms with van der Waals surface area (Å²) in [5.74, 6) is -1.47. The largest absolute Gasteiger partial charge is 0.454 e. The second kappa shape index (κ2) is 6.92. The number of amides is 4. The van der Waals surface area contributed by atoms with E-state index >= 15 is 0 Å². The van der Waals surface area contributed by atoms with Crippen LogP contribution in [0.4, 0.5) is 10.5 Å². The van der Waals surface area contributed by atoms with Crippen LogP contribution >= 0.6 is 0 Å². The number of rotatable bonds is 4. The van der Waals surface area contributed by atoms with Crippen LogP contribution < -0.4 is 10.2 Å². The molecule has 8 nitrogen and oxygen atoms in total. The van der Waals surface area contributed by atoms with Gasteiger partial charge in [0.2, 0.25) is 0 Å². The minimum atomic E-state index is -0.859. The molecule has 2 heterocycles. The maximum Gasteiger partial charge on any atom is 0.326 e. The van der Waals surface area contributed by atoms with Crippen molar-refractivity contribution in [3.8, 4) is 0 Å². The minimum Gasteiger partial charge on any atom is -0.454 e. The summed E-state index contributed by atoms with van der Waals surface area (Å²) in [6.45, 7) is 1.03. The Morgan fingerprint density at radius 3 is 2.68 bits per heavy atom. The van der Waals surface area contributed by atoms with Gasteiger partial charge in [0.25, 0.3) is 11.8 Å². The van der Waals surface area contributed by atoms with Crippen LogP contribution in [0.25, 0.3) is 0 Å².